The zero-order chi connectivity index (χ0) is 15.5. The highest BCUT2D eigenvalue weighted by Crippen LogP contribution is 2.36. The molecule has 1 aromatic carbocycles. The number of rotatable bonds is 4. The predicted octanol–water partition coefficient (Wildman–Crippen LogP) is 3.55. The number of thioether (sulfide) groups is 1. The second-order valence-electron chi connectivity index (χ2n) is 5.24. The van der Waals surface area contributed by atoms with E-state index in [1.54, 1.807) is 6.07 Å². The van der Waals surface area contributed by atoms with E-state index in [2.05, 4.69) is 33.5 Å². The summed E-state index contributed by atoms with van der Waals surface area (Å²) in [6.07, 6.45) is 2.27. The number of hydrogen-bond donors (Lipinski definition) is 3. The Labute approximate surface area is 136 Å². The van der Waals surface area contributed by atoms with E-state index in [0.29, 0.717) is 16.7 Å². The fourth-order valence-electron chi connectivity index (χ4n) is 2.20. The van der Waals surface area contributed by atoms with Crippen LogP contribution in [0.5, 0.6) is 0 Å². The summed E-state index contributed by atoms with van der Waals surface area (Å²) in [5, 5.41) is 14.5. The number of carbonyl (C=O) groups is 2. The average molecular weight is 373 g/mol. The van der Waals surface area contributed by atoms with E-state index < -0.39 is 5.97 Å². The minimum Gasteiger partial charge on any atom is -0.478 e. The second-order valence-corrected chi connectivity index (χ2v) is 7.84. The molecule has 0 radical (unpaired) electrons. The molecule has 2 amide bonds. The minimum atomic E-state index is -1.03. The van der Waals surface area contributed by atoms with Crippen LogP contribution in [0.15, 0.2) is 22.7 Å². The summed E-state index contributed by atoms with van der Waals surface area (Å²) < 4.78 is 0.705. The van der Waals surface area contributed by atoms with Gasteiger partial charge in [-0.05, 0) is 43.7 Å². The summed E-state index contributed by atoms with van der Waals surface area (Å²) in [6.45, 7) is 2.75. The topological polar surface area (TPSA) is 78.4 Å². The molecule has 114 valence electrons. The molecule has 1 aliphatic rings. The molecule has 1 aliphatic heterocycles. The van der Waals surface area contributed by atoms with Gasteiger partial charge in [-0.25, -0.2) is 9.59 Å². The SMILES string of the molecule is CC1(CNC(=O)Nc2cc(Br)cc(C(=O)O)c2)CCCS1. The quantitative estimate of drug-likeness (QED) is 0.754. The number of carboxylic acid groups (broad SMARTS) is 1. The molecule has 5 nitrogen and oxygen atoms in total. The van der Waals surface area contributed by atoms with Crippen molar-refractivity contribution in [3.8, 4) is 0 Å². The van der Waals surface area contributed by atoms with E-state index in [1.807, 2.05) is 11.8 Å². The fraction of sp³-hybridized carbons (Fsp3) is 0.429. The molecule has 3 N–H and O–H groups in total. The van der Waals surface area contributed by atoms with Gasteiger partial charge in [0.25, 0.3) is 0 Å². The van der Waals surface area contributed by atoms with Gasteiger partial charge in [-0.3, -0.25) is 0 Å². The van der Waals surface area contributed by atoms with Crippen LogP contribution in [-0.2, 0) is 0 Å². The van der Waals surface area contributed by atoms with E-state index in [4.69, 9.17) is 5.11 Å². The number of aromatic carboxylic acids is 1. The van der Waals surface area contributed by atoms with Crippen molar-refractivity contribution in [2.75, 3.05) is 17.6 Å². The third kappa shape index (κ3) is 4.64. The lowest BCUT2D eigenvalue weighted by Crippen LogP contribution is -2.39. The number of amides is 2. The molecule has 0 saturated carbocycles. The summed E-state index contributed by atoms with van der Waals surface area (Å²) in [5.74, 6) is 0.0996. The number of hydrogen-bond acceptors (Lipinski definition) is 3. The molecule has 0 aliphatic carbocycles. The first-order valence-electron chi connectivity index (χ1n) is 6.61. The molecule has 1 unspecified atom stereocenters. The van der Waals surface area contributed by atoms with E-state index in [9.17, 15) is 9.59 Å². The Bertz CT molecular complexity index is 559. The largest absolute Gasteiger partial charge is 0.478 e. The Hall–Kier alpha value is -1.21. The lowest BCUT2D eigenvalue weighted by molar-refractivity contribution is 0.0697. The molecule has 2 rings (SSSR count). The number of urea groups is 1. The van der Waals surface area contributed by atoms with Crippen LogP contribution in [0.1, 0.15) is 30.1 Å². The molecule has 0 spiro atoms. The minimum absolute atomic E-state index is 0.0981. The third-order valence-corrected chi connectivity index (χ3v) is 5.32. The molecule has 1 fully saturated rings. The maximum atomic E-state index is 11.9. The summed E-state index contributed by atoms with van der Waals surface area (Å²) in [4.78, 5) is 22.9. The first kappa shape index (κ1) is 16.2. The molecular formula is C14H17BrN2O3S. The standard InChI is InChI=1S/C14H17BrN2O3S/c1-14(3-2-4-21-14)8-16-13(20)17-11-6-9(12(18)19)5-10(15)7-11/h5-7H,2-4,8H2,1H3,(H,18,19)(H2,16,17,20). The Balaban J connectivity index is 1.94. The summed E-state index contributed by atoms with van der Waals surface area (Å²) >= 11 is 5.11. The number of anilines is 1. The van der Waals surface area contributed by atoms with E-state index in [1.165, 1.54) is 18.6 Å². The van der Waals surface area contributed by atoms with Gasteiger partial charge in [0.15, 0.2) is 0 Å². The van der Waals surface area contributed by atoms with Crippen molar-refractivity contribution >= 4 is 45.4 Å². The van der Waals surface area contributed by atoms with Gasteiger partial charge >= 0.3 is 12.0 Å². The molecule has 1 heterocycles. The van der Waals surface area contributed by atoms with E-state index in [-0.39, 0.29) is 16.3 Å². The summed E-state index contributed by atoms with van der Waals surface area (Å²) in [7, 11) is 0. The monoisotopic (exact) mass is 372 g/mol. The van der Waals surface area contributed by atoms with Crippen LogP contribution in [0, 0.1) is 0 Å². The molecule has 1 atom stereocenters. The van der Waals surface area contributed by atoms with Gasteiger partial charge < -0.3 is 15.7 Å². The van der Waals surface area contributed by atoms with Gasteiger partial charge in [0.05, 0.1) is 5.56 Å². The zero-order valence-electron chi connectivity index (χ0n) is 11.6. The van der Waals surface area contributed by atoms with Crippen molar-refractivity contribution in [3.05, 3.63) is 28.2 Å². The van der Waals surface area contributed by atoms with E-state index in [0.717, 1.165) is 12.2 Å². The lowest BCUT2D eigenvalue weighted by atomic mass is 10.1. The van der Waals surface area contributed by atoms with Crippen molar-refractivity contribution in [3.63, 3.8) is 0 Å². The molecular weight excluding hydrogens is 356 g/mol. The number of benzene rings is 1. The van der Waals surface area contributed by atoms with Gasteiger partial charge in [-0.15, -0.1) is 0 Å². The molecule has 0 aromatic heterocycles. The van der Waals surface area contributed by atoms with Crippen molar-refractivity contribution < 1.29 is 14.7 Å². The fourth-order valence-corrected chi connectivity index (χ4v) is 3.94. The van der Waals surface area contributed by atoms with Gasteiger partial charge in [0.1, 0.15) is 0 Å². The predicted molar refractivity (Wildman–Crippen MR) is 88.2 cm³/mol. The van der Waals surface area contributed by atoms with Gasteiger partial charge in [-0.1, -0.05) is 15.9 Å². The Morgan fingerprint density at radius 2 is 2.19 bits per heavy atom. The van der Waals surface area contributed by atoms with Crippen LogP contribution >= 0.6 is 27.7 Å². The highest BCUT2D eigenvalue weighted by Gasteiger charge is 2.29. The van der Waals surface area contributed by atoms with Crippen molar-refractivity contribution in [1.82, 2.24) is 5.32 Å². The van der Waals surface area contributed by atoms with Crippen LogP contribution in [-0.4, -0.2) is 34.2 Å². The first-order chi connectivity index (χ1) is 9.88. The van der Waals surface area contributed by atoms with Crippen LogP contribution in [0.25, 0.3) is 0 Å². The molecule has 0 bridgehead atoms. The number of halogens is 1. The molecule has 1 saturated heterocycles. The normalized spacial score (nSPS) is 21.0. The highest BCUT2D eigenvalue weighted by molar-refractivity contribution is 9.10. The lowest BCUT2D eigenvalue weighted by Gasteiger charge is -2.22. The Kier molecular flexibility index (Phi) is 5.16. The second kappa shape index (κ2) is 6.70. The third-order valence-electron chi connectivity index (χ3n) is 3.33. The van der Waals surface area contributed by atoms with Gasteiger partial charge in [0.2, 0.25) is 0 Å². The Morgan fingerprint density at radius 1 is 1.43 bits per heavy atom. The molecule has 1 aromatic rings. The Morgan fingerprint density at radius 3 is 2.81 bits per heavy atom. The first-order valence-corrected chi connectivity index (χ1v) is 8.38. The van der Waals surface area contributed by atoms with Crippen molar-refractivity contribution in [2.24, 2.45) is 0 Å². The van der Waals surface area contributed by atoms with E-state index >= 15 is 0 Å². The summed E-state index contributed by atoms with van der Waals surface area (Å²) in [5.41, 5.74) is 0.571. The van der Waals surface area contributed by atoms with Crippen molar-refractivity contribution in [2.45, 2.75) is 24.5 Å². The van der Waals surface area contributed by atoms with Crippen LogP contribution < -0.4 is 10.6 Å². The summed E-state index contributed by atoms with van der Waals surface area (Å²) in [6, 6.07) is 4.26. The zero-order valence-corrected chi connectivity index (χ0v) is 14.0. The molecule has 21 heavy (non-hydrogen) atoms. The van der Waals surface area contributed by atoms with Crippen molar-refractivity contribution in [1.29, 1.82) is 0 Å². The van der Waals surface area contributed by atoms with Crippen LogP contribution in [0.3, 0.4) is 0 Å². The van der Waals surface area contributed by atoms with Gasteiger partial charge in [-0.2, -0.15) is 11.8 Å². The maximum Gasteiger partial charge on any atom is 0.335 e. The highest BCUT2D eigenvalue weighted by atomic mass is 79.9. The van der Waals surface area contributed by atoms with Crippen LogP contribution in [0.4, 0.5) is 10.5 Å². The number of nitrogens with one attached hydrogen (secondary N) is 2. The molecule has 7 heteroatoms. The average Bonchev–Trinajstić information content (AvgIpc) is 2.83. The smallest absolute Gasteiger partial charge is 0.335 e. The maximum absolute atomic E-state index is 11.9. The van der Waals surface area contributed by atoms with Crippen LogP contribution in [0.2, 0.25) is 0 Å². The number of carboxylic acids is 1. The van der Waals surface area contributed by atoms with Gasteiger partial charge in [0, 0.05) is 21.5 Å². The number of carbonyl (C=O) groups excluding carboxylic acids is 1.